The number of non-ortho nitro benzene ring substituents is 2. The number of hydrogen-bond donors (Lipinski definition) is 2. The van der Waals surface area contributed by atoms with Crippen molar-refractivity contribution < 1.29 is 53.1 Å². The summed E-state index contributed by atoms with van der Waals surface area (Å²) in [7, 11) is 1.45. The van der Waals surface area contributed by atoms with E-state index in [9.17, 15) is 44.5 Å². The highest BCUT2D eigenvalue weighted by Crippen LogP contribution is 2.29. The molecule has 2 aliphatic heterocycles. The number of carbonyl (C=O) groups excluding carboxylic acids is 3. The number of nitro groups is 2. The number of benzene rings is 2. The van der Waals surface area contributed by atoms with Crippen LogP contribution in [-0.4, -0.2) is 105 Å². The maximum Gasteiger partial charge on any atom is 0.410 e. The Balaban J connectivity index is 0.000000286. The minimum absolute atomic E-state index is 0.0822. The molecule has 2 fully saturated rings. The Morgan fingerprint density at radius 1 is 0.698 bits per heavy atom. The summed E-state index contributed by atoms with van der Waals surface area (Å²) in [6.45, 7) is 12.6. The van der Waals surface area contributed by atoms with Crippen molar-refractivity contribution in [1.29, 1.82) is 0 Å². The van der Waals surface area contributed by atoms with Gasteiger partial charge in [0, 0.05) is 83.2 Å². The molecule has 2 saturated heterocycles. The van der Waals surface area contributed by atoms with Crippen LogP contribution in [0.25, 0.3) is 0 Å². The van der Waals surface area contributed by atoms with E-state index in [-0.39, 0.29) is 52.3 Å². The predicted octanol–water partition coefficient (Wildman–Crippen LogP) is 5.80. The highest BCUT2D eigenvalue weighted by molar-refractivity contribution is 5.97. The van der Waals surface area contributed by atoms with Gasteiger partial charge in [0.1, 0.15) is 40.5 Å². The number of nitro benzene ring substituents is 2. The number of carboxylic acid groups (broad SMARTS) is 1. The molecule has 2 aliphatic rings. The van der Waals surface area contributed by atoms with Crippen molar-refractivity contribution >= 4 is 35.4 Å². The van der Waals surface area contributed by atoms with Crippen LogP contribution in [0.1, 0.15) is 87.9 Å². The summed E-state index contributed by atoms with van der Waals surface area (Å²) in [5.41, 5.74) is -1.75. The first-order chi connectivity index (χ1) is 24.7. The van der Waals surface area contributed by atoms with Gasteiger partial charge in [-0.15, -0.1) is 0 Å². The lowest BCUT2D eigenvalue weighted by atomic mass is 10.1. The summed E-state index contributed by atoms with van der Waals surface area (Å²) in [5.74, 6) is -1.38. The standard InChI is InChI=1S/C18H25N3O6.C17H22N2O7/c1-18(2,3)27-17(23)20-9-7-13(8-10-20)26-15-6-5-12(21(24)25)11-14(15)16(22)19-4;1-17(2,3)26-16(22)18-8-6-12(7-9-18)25-14-5-4-11(19(23)24)10-13(14)15(20)21/h5-6,11,13H,7-10H2,1-4H3,(H,19,22);4-5,10,12H,6-9H2,1-3H3,(H,20,21). The Bertz CT molecular complexity index is 1670. The van der Waals surface area contributed by atoms with E-state index in [1.807, 2.05) is 20.8 Å². The number of carbonyl (C=O) groups is 4. The molecule has 290 valence electrons. The Morgan fingerprint density at radius 2 is 1.06 bits per heavy atom. The van der Waals surface area contributed by atoms with Crippen molar-refractivity contribution in [2.24, 2.45) is 0 Å². The number of nitrogens with one attached hydrogen (secondary N) is 1. The van der Waals surface area contributed by atoms with Crippen LogP contribution in [0.5, 0.6) is 11.5 Å². The molecule has 0 saturated carbocycles. The van der Waals surface area contributed by atoms with E-state index < -0.39 is 39.0 Å². The maximum atomic E-state index is 12.1. The number of amides is 3. The van der Waals surface area contributed by atoms with Gasteiger partial charge in [0.05, 0.1) is 15.4 Å². The molecular weight excluding hydrogens is 698 g/mol. The molecule has 4 rings (SSSR count). The molecule has 2 aromatic carbocycles. The molecule has 0 aromatic heterocycles. The summed E-state index contributed by atoms with van der Waals surface area (Å²) >= 11 is 0. The van der Waals surface area contributed by atoms with Crippen LogP contribution in [0.2, 0.25) is 0 Å². The van der Waals surface area contributed by atoms with Crippen molar-refractivity contribution in [3.8, 4) is 11.5 Å². The second kappa shape index (κ2) is 17.7. The Labute approximate surface area is 306 Å². The van der Waals surface area contributed by atoms with Crippen LogP contribution in [0.3, 0.4) is 0 Å². The van der Waals surface area contributed by atoms with Gasteiger partial charge in [-0.3, -0.25) is 25.0 Å². The Kier molecular flexibility index (Phi) is 13.9. The van der Waals surface area contributed by atoms with E-state index in [0.29, 0.717) is 51.9 Å². The van der Waals surface area contributed by atoms with Crippen molar-refractivity contribution in [3.63, 3.8) is 0 Å². The van der Waals surface area contributed by atoms with Crippen LogP contribution in [0.4, 0.5) is 21.0 Å². The smallest absolute Gasteiger partial charge is 0.410 e. The van der Waals surface area contributed by atoms with Gasteiger partial charge in [-0.1, -0.05) is 0 Å². The fraction of sp³-hybridized carbons (Fsp3) is 0.543. The van der Waals surface area contributed by atoms with Crippen LogP contribution in [0, 0.1) is 20.2 Å². The molecular formula is C35H47N5O13. The molecule has 18 heteroatoms. The normalized spacial score (nSPS) is 15.3. The minimum atomic E-state index is -1.30. The van der Waals surface area contributed by atoms with Gasteiger partial charge in [-0.05, 0) is 53.7 Å². The van der Waals surface area contributed by atoms with Gasteiger partial charge < -0.3 is 39.2 Å². The predicted molar refractivity (Wildman–Crippen MR) is 189 cm³/mol. The first-order valence-electron chi connectivity index (χ1n) is 17.0. The van der Waals surface area contributed by atoms with Crippen LogP contribution in [0.15, 0.2) is 36.4 Å². The van der Waals surface area contributed by atoms with Crippen molar-refractivity contribution in [1.82, 2.24) is 15.1 Å². The van der Waals surface area contributed by atoms with Gasteiger partial charge in [0.15, 0.2) is 0 Å². The number of nitrogens with zero attached hydrogens (tertiary/aromatic N) is 4. The second-order valence-corrected chi connectivity index (χ2v) is 14.3. The summed E-state index contributed by atoms with van der Waals surface area (Å²) < 4.78 is 22.3. The monoisotopic (exact) mass is 745 g/mol. The molecule has 0 aliphatic carbocycles. The third kappa shape index (κ3) is 12.8. The molecule has 3 amide bonds. The lowest BCUT2D eigenvalue weighted by Gasteiger charge is -2.33. The number of piperidine rings is 2. The molecule has 0 unspecified atom stereocenters. The van der Waals surface area contributed by atoms with Crippen LogP contribution in [-0.2, 0) is 9.47 Å². The number of ether oxygens (including phenoxy) is 4. The van der Waals surface area contributed by atoms with E-state index in [0.717, 1.165) is 6.07 Å². The first kappa shape index (κ1) is 41.7. The molecule has 2 aromatic rings. The van der Waals surface area contributed by atoms with E-state index in [4.69, 9.17) is 18.9 Å². The summed E-state index contributed by atoms with van der Waals surface area (Å²) in [4.78, 5) is 71.3. The molecule has 2 N–H and O–H groups in total. The van der Waals surface area contributed by atoms with Gasteiger partial charge in [-0.2, -0.15) is 0 Å². The largest absolute Gasteiger partial charge is 0.489 e. The van der Waals surface area contributed by atoms with Gasteiger partial charge in [-0.25, -0.2) is 14.4 Å². The van der Waals surface area contributed by atoms with Gasteiger partial charge in [0.25, 0.3) is 17.3 Å². The maximum absolute atomic E-state index is 12.1. The van der Waals surface area contributed by atoms with E-state index in [1.165, 1.54) is 37.4 Å². The van der Waals surface area contributed by atoms with Gasteiger partial charge in [0.2, 0.25) is 0 Å². The van der Waals surface area contributed by atoms with Crippen molar-refractivity contribution in [2.75, 3.05) is 33.2 Å². The SMILES string of the molecule is CC(C)(C)OC(=O)N1CCC(Oc2ccc([N+](=O)[O-])cc2C(=O)O)CC1.CNC(=O)c1cc([N+](=O)[O-])ccc1OC1CCN(C(=O)OC(C)(C)C)CC1. The number of rotatable bonds is 8. The molecule has 0 atom stereocenters. The molecule has 53 heavy (non-hydrogen) atoms. The average molecular weight is 746 g/mol. The highest BCUT2D eigenvalue weighted by atomic mass is 16.6. The molecule has 0 bridgehead atoms. The number of carboxylic acids is 1. The second-order valence-electron chi connectivity index (χ2n) is 14.3. The number of likely N-dealkylation sites (tertiary alicyclic amines) is 2. The summed E-state index contributed by atoms with van der Waals surface area (Å²) in [6, 6.07) is 7.41. The first-order valence-corrected chi connectivity index (χ1v) is 17.0. The third-order valence-corrected chi connectivity index (χ3v) is 7.82. The van der Waals surface area contributed by atoms with E-state index >= 15 is 0 Å². The quantitative estimate of drug-likeness (QED) is 0.241. The zero-order valence-corrected chi connectivity index (χ0v) is 30.9. The fourth-order valence-corrected chi connectivity index (χ4v) is 5.27. The number of hydrogen-bond acceptors (Lipinski definition) is 12. The van der Waals surface area contributed by atoms with Crippen molar-refractivity contribution in [2.45, 2.75) is 90.6 Å². The zero-order chi connectivity index (χ0) is 39.7. The minimum Gasteiger partial charge on any atom is -0.489 e. The Morgan fingerprint density at radius 3 is 1.38 bits per heavy atom. The molecule has 18 nitrogen and oxygen atoms in total. The lowest BCUT2D eigenvalue weighted by Crippen LogP contribution is -2.44. The molecule has 0 spiro atoms. The Hall–Kier alpha value is -5.68. The summed E-state index contributed by atoms with van der Waals surface area (Å²) in [6.07, 6.45) is 0.930. The van der Waals surface area contributed by atoms with Crippen molar-refractivity contribution in [3.05, 3.63) is 67.8 Å². The van der Waals surface area contributed by atoms with E-state index in [2.05, 4.69) is 5.32 Å². The van der Waals surface area contributed by atoms with Crippen LogP contribution < -0.4 is 14.8 Å². The zero-order valence-electron chi connectivity index (χ0n) is 30.9. The van der Waals surface area contributed by atoms with Crippen LogP contribution >= 0.6 is 0 Å². The average Bonchev–Trinajstić information content (AvgIpc) is 3.07. The topological polar surface area (TPSA) is 230 Å². The highest BCUT2D eigenvalue weighted by Gasteiger charge is 2.30. The fourth-order valence-electron chi connectivity index (χ4n) is 5.27. The lowest BCUT2D eigenvalue weighted by molar-refractivity contribution is -0.385. The molecule has 0 radical (unpaired) electrons. The van der Waals surface area contributed by atoms with E-state index in [1.54, 1.807) is 30.6 Å². The van der Waals surface area contributed by atoms with Gasteiger partial charge >= 0.3 is 18.2 Å². The third-order valence-electron chi connectivity index (χ3n) is 7.82. The molecule has 2 heterocycles. The number of aromatic carboxylic acids is 1. The summed E-state index contributed by atoms with van der Waals surface area (Å²) in [5, 5.41) is 33.5.